The molecule has 4 heterocycles. The largest absolute Gasteiger partial charge is 0.347 e. The van der Waals surface area contributed by atoms with Gasteiger partial charge in [0.1, 0.15) is 0 Å². The quantitative estimate of drug-likeness (QED) is 0.902. The summed E-state index contributed by atoms with van der Waals surface area (Å²) < 4.78 is 1.97. The molecule has 2 bridgehead atoms. The number of aryl methyl sites for hydroxylation is 1. The van der Waals surface area contributed by atoms with Crippen LogP contribution < -0.4 is 15.8 Å². The maximum Gasteiger partial charge on any atom is 0.251 e. The minimum atomic E-state index is 0.0890. The van der Waals surface area contributed by atoms with Crippen molar-refractivity contribution < 1.29 is 0 Å². The molecule has 0 aromatic carbocycles. The van der Waals surface area contributed by atoms with Crippen LogP contribution in [0.25, 0.3) is 11.3 Å². The summed E-state index contributed by atoms with van der Waals surface area (Å²) in [5, 5.41) is 3.50. The van der Waals surface area contributed by atoms with Crippen molar-refractivity contribution in [2.45, 2.75) is 32.7 Å². The van der Waals surface area contributed by atoms with Gasteiger partial charge in [-0.2, -0.15) is 0 Å². The summed E-state index contributed by atoms with van der Waals surface area (Å²) in [6, 6.07) is 3.91. The molecule has 1 saturated heterocycles. The first kappa shape index (κ1) is 16.3. The van der Waals surface area contributed by atoms with Crippen molar-refractivity contribution in [2.75, 3.05) is 32.1 Å². The van der Waals surface area contributed by atoms with Crippen molar-refractivity contribution in [3.05, 3.63) is 39.4 Å². The molecule has 2 aromatic rings. The highest BCUT2D eigenvalue weighted by Gasteiger charge is 2.31. The van der Waals surface area contributed by atoms with Crippen LogP contribution in [0.1, 0.15) is 29.3 Å². The fraction of sp³-hybridized carbons (Fsp3) is 0.526. The molecule has 2 aliphatic heterocycles. The van der Waals surface area contributed by atoms with Crippen molar-refractivity contribution in [2.24, 2.45) is 5.92 Å². The summed E-state index contributed by atoms with van der Waals surface area (Å²) in [7, 11) is 3.87. The van der Waals surface area contributed by atoms with E-state index in [-0.39, 0.29) is 5.56 Å². The van der Waals surface area contributed by atoms with E-state index in [2.05, 4.69) is 16.4 Å². The van der Waals surface area contributed by atoms with Gasteiger partial charge in [-0.15, -0.1) is 0 Å². The van der Waals surface area contributed by atoms with E-state index in [0.29, 0.717) is 17.8 Å². The minimum Gasteiger partial charge on any atom is -0.347 e. The van der Waals surface area contributed by atoms with Crippen LogP contribution in [-0.4, -0.2) is 41.7 Å². The Labute approximate surface area is 147 Å². The highest BCUT2D eigenvalue weighted by molar-refractivity contribution is 5.65. The van der Waals surface area contributed by atoms with Gasteiger partial charge in [-0.1, -0.05) is 0 Å². The molecule has 2 atom stereocenters. The summed E-state index contributed by atoms with van der Waals surface area (Å²) in [6.45, 7) is 6.81. The fourth-order valence-corrected chi connectivity index (χ4v) is 4.04. The van der Waals surface area contributed by atoms with Crippen LogP contribution in [0, 0.1) is 19.8 Å². The molecule has 4 rings (SSSR count). The topological polar surface area (TPSA) is 63.1 Å². The Hall–Kier alpha value is -2.21. The molecule has 0 radical (unpaired) electrons. The van der Waals surface area contributed by atoms with Gasteiger partial charge in [-0.25, -0.2) is 9.97 Å². The fourth-order valence-electron chi connectivity index (χ4n) is 4.04. The van der Waals surface area contributed by atoms with Gasteiger partial charge in [-0.05, 0) is 44.4 Å². The Kier molecular flexibility index (Phi) is 3.87. The predicted molar refractivity (Wildman–Crippen MR) is 99.2 cm³/mol. The number of piperidine rings is 1. The van der Waals surface area contributed by atoms with Crippen LogP contribution in [-0.2, 0) is 6.54 Å². The lowest BCUT2D eigenvalue weighted by molar-refractivity contribution is 0.257. The van der Waals surface area contributed by atoms with E-state index >= 15 is 0 Å². The van der Waals surface area contributed by atoms with Crippen molar-refractivity contribution in [1.82, 2.24) is 19.9 Å². The van der Waals surface area contributed by atoms with Gasteiger partial charge in [0.05, 0.1) is 5.69 Å². The van der Waals surface area contributed by atoms with Gasteiger partial charge < -0.3 is 14.8 Å². The maximum absolute atomic E-state index is 12.8. The van der Waals surface area contributed by atoms with Crippen LogP contribution >= 0.6 is 0 Å². The number of hydrogen-bond donors (Lipinski definition) is 1. The number of nitrogens with zero attached hydrogens (tertiary/aromatic N) is 4. The summed E-state index contributed by atoms with van der Waals surface area (Å²) in [6.07, 6.45) is 1.17. The lowest BCUT2D eigenvalue weighted by atomic mass is 9.83. The van der Waals surface area contributed by atoms with Crippen LogP contribution in [0.3, 0.4) is 0 Å². The van der Waals surface area contributed by atoms with E-state index in [1.807, 2.05) is 37.4 Å². The molecule has 0 amide bonds. The molecule has 0 aliphatic carbocycles. The van der Waals surface area contributed by atoms with Crippen molar-refractivity contribution in [3.8, 4) is 11.3 Å². The van der Waals surface area contributed by atoms with Gasteiger partial charge in [0.25, 0.3) is 5.56 Å². The molecule has 6 nitrogen and oxygen atoms in total. The number of nitrogens with one attached hydrogen (secondary N) is 1. The number of fused-ring (bicyclic) bond motifs is 4. The molecule has 2 aliphatic rings. The van der Waals surface area contributed by atoms with Crippen LogP contribution in [0.5, 0.6) is 0 Å². The number of hydrogen-bond acceptors (Lipinski definition) is 5. The second-order valence-electron chi connectivity index (χ2n) is 7.55. The van der Waals surface area contributed by atoms with E-state index in [1.54, 1.807) is 6.07 Å². The van der Waals surface area contributed by atoms with Gasteiger partial charge in [0.15, 0.2) is 0 Å². The third kappa shape index (κ3) is 2.74. The molecular formula is C19H25N5O. The monoisotopic (exact) mass is 339 g/mol. The Morgan fingerprint density at radius 3 is 2.76 bits per heavy atom. The normalized spacial score (nSPS) is 21.8. The summed E-state index contributed by atoms with van der Waals surface area (Å²) in [5.74, 6) is 1.66. The molecule has 0 saturated carbocycles. The Balaban J connectivity index is 1.88. The molecule has 1 N–H and O–H groups in total. The van der Waals surface area contributed by atoms with E-state index in [0.717, 1.165) is 47.8 Å². The summed E-state index contributed by atoms with van der Waals surface area (Å²) in [4.78, 5) is 24.0. The average molecular weight is 339 g/mol. The van der Waals surface area contributed by atoms with Crippen LogP contribution in [0.2, 0.25) is 0 Å². The van der Waals surface area contributed by atoms with Gasteiger partial charge in [0.2, 0.25) is 5.95 Å². The van der Waals surface area contributed by atoms with Gasteiger partial charge in [-0.3, -0.25) is 4.79 Å². The lowest BCUT2D eigenvalue weighted by Crippen LogP contribution is -2.44. The molecule has 2 aromatic heterocycles. The van der Waals surface area contributed by atoms with E-state index in [9.17, 15) is 4.79 Å². The molecule has 132 valence electrons. The third-order valence-electron chi connectivity index (χ3n) is 5.51. The number of aromatic nitrogens is 3. The lowest BCUT2D eigenvalue weighted by Gasteiger charge is -2.37. The average Bonchev–Trinajstić information content (AvgIpc) is 2.58. The first-order chi connectivity index (χ1) is 11.9. The SMILES string of the molecule is Cc1nc(N(C)C)nc(-c2cc3n(c(=O)c2)C[C@@H]2CNC[C@H]3C2)c1C. The highest BCUT2D eigenvalue weighted by Crippen LogP contribution is 2.34. The van der Waals surface area contributed by atoms with Crippen molar-refractivity contribution in [3.63, 3.8) is 0 Å². The second kappa shape index (κ2) is 5.95. The van der Waals surface area contributed by atoms with Crippen LogP contribution in [0.15, 0.2) is 16.9 Å². The molecule has 1 fully saturated rings. The van der Waals surface area contributed by atoms with Crippen molar-refractivity contribution in [1.29, 1.82) is 0 Å². The van der Waals surface area contributed by atoms with Gasteiger partial charge >= 0.3 is 0 Å². The highest BCUT2D eigenvalue weighted by atomic mass is 16.1. The molecule has 0 unspecified atom stereocenters. The van der Waals surface area contributed by atoms with E-state index in [1.165, 1.54) is 6.42 Å². The van der Waals surface area contributed by atoms with Crippen molar-refractivity contribution >= 4 is 5.95 Å². The first-order valence-corrected chi connectivity index (χ1v) is 8.92. The summed E-state index contributed by atoms with van der Waals surface area (Å²) >= 11 is 0. The molecular weight excluding hydrogens is 314 g/mol. The predicted octanol–water partition coefficient (Wildman–Crippen LogP) is 1.69. The smallest absolute Gasteiger partial charge is 0.251 e. The third-order valence-corrected chi connectivity index (χ3v) is 5.51. The Morgan fingerprint density at radius 1 is 1.20 bits per heavy atom. The number of anilines is 1. The van der Waals surface area contributed by atoms with Gasteiger partial charge in [0, 0.05) is 56.1 Å². The zero-order valence-corrected chi connectivity index (χ0v) is 15.3. The maximum atomic E-state index is 12.8. The number of rotatable bonds is 2. The first-order valence-electron chi connectivity index (χ1n) is 8.92. The van der Waals surface area contributed by atoms with Crippen LogP contribution in [0.4, 0.5) is 5.95 Å². The standard InChI is InChI=1S/C19H25N5O/c1-11-12(2)21-19(23(3)4)22-18(11)14-6-16-15-5-13(8-20-9-15)10-24(16)17(25)7-14/h6-7,13,15,20H,5,8-10H2,1-4H3/t13-,15+/m0/s1. The zero-order valence-electron chi connectivity index (χ0n) is 15.3. The molecule has 6 heteroatoms. The summed E-state index contributed by atoms with van der Waals surface area (Å²) in [5.41, 5.74) is 4.99. The Morgan fingerprint density at radius 2 is 2.00 bits per heavy atom. The Bertz CT molecular complexity index is 886. The molecule has 0 spiro atoms. The van der Waals surface area contributed by atoms with E-state index in [4.69, 9.17) is 4.98 Å². The minimum absolute atomic E-state index is 0.0890. The number of pyridine rings is 1. The second-order valence-corrected chi connectivity index (χ2v) is 7.55. The van der Waals surface area contributed by atoms with E-state index < -0.39 is 0 Å². The zero-order chi connectivity index (χ0) is 17.7. The molecule has 25 heavy (non-hydrogen) atoms.